The van der Waals surface area contributed by atoms with Gasteiger partial charge in [0.25, 0.3) is 0 Å². The Balaban J connectivity index is 1.83. The summed E-state index contributed by atoms with van der Waals surface area (Å²) >= 11 is 4.75. The van der Waals surface area contributed by atoms with Crippen molar-refractivity contribution in [3.8, 4) is 10.4 Å². The topological polar surface area (TPSA) is 55.4 Å². The number of anilines is 1. The molecule has 0 saturated heterocycles. The van der Waals surface area contributed by atoms with Crippen molar-refractivity contribution < 1.29 is 14.3 Å². The molecule has 1 heterocycles. The molecule has 1 amide bonds. The molecule has 0 aliphatic carbocycles. The highest BCUT2D eigenvalue weighted by molar-refractivity contribution is 9.10. The van der Waals surface area contributed by atoms with E-state index in [9.17, 15) is 9.59 Å². The lowest BCUT2D eigenvalue weighted by molar-refractivity contribution is -0.115. The fourth-order valence-electron chi connectivity index (χ4n) is 2.55. The van der Waals surface area contributed by atoms with Gasteiger partial charge in [-0.05, 0) is 36.2 Å². The average molecular weight is 444 g/mol. The molecule has 3 aromatic rings. The Morgan fingerprint density at radius 2 is 1.78 bits per heavy atom. The van der Waals surface area contributed by atoms with Crippen LogP contribution in [0.2, 0.25) is 0 Å². The Labute approximate surface area is 170 Å². The third kappa shape index (κ3) is 5.05. The Hall–Kier alpha value is -2.44. The van der Waals surface area contributed by atoms with E-state index in [1.165, 1.54) is 11.3 Å². The highest BCUT2D eigenvalue weighted by atomic mass is 79.9. The van der Waals surface area contributed by atoms with E-state index in [1.807, 2.05) is 54.6 Å². The molecule has 4 nitrogen and oxygen atoms in total. The minimum Gasteiger partial charge on any atom is -0.462 e. The summed E-state index contributed by atoms with van der Waals surface area (Å²) < 4.78 is 6.10. The second kappa shape index (κ2) is 8.97. The lowest BCUT2D eigenvalue weighted by atomic mass is 10.1. The molecule has 0 spiro atoms. The van der Waals surface area contributed by atoms with Crippen LogP contribution in [-0.2, 0) is 16.0 Å². The molecule has 0 radical (unpaired) electrons. The number of benzene rings is 2. The highest BCUT2D eigenvalue weighted by Gasteiger charge is 2.20. The lowest BCUT2D eigenvalue weighted by Crippen LogP contribution is -2.16. The number of amides is 1. The Morgan fingerprint density at radius 3 is 2.44 bits per heavy atom. The number of carbonyl (C=O) groups excluding carboxylic acids is 2. The fraction of sp³-hybridized carbons (Fsp3) is 0.143. The molecule has 0 atom stereocenters. The molecule has 0 aliphatic rings. The molecule has 27 heavy (non-hydrogen) atoms. The lowest BCUT2D eigenvalue weighted by Gasteiger charge is -2.06. The normalized spacial score (nSPS) is 10.4. The summed E-state index contributed by atoms with van der Waals surface area (Å²) in [4.78, 5) is 25.7. The fourth-order valence-corrected chi connectivity index (χ4v) is 3.88. The van der Waals surface area contributed by atoms with E-state index in [4.69, 9.17) is 4.74 Å². The van der Waals surface area contributed by atoms with Gasteiger partial charge in [-0.15, -0.1) is 11.3 Å². The van der Waals surface area contributed by atoms with Crippen LogP contribution in [0.4, 0.5) is 5.00 Å². The molecule has 0 bridgehead atoms. The van der Waals surface area contributed by atoms with Crippen molar-refractivity contribution in [1.82, 2.24) is 0 Å². The molecule has 2 aromatic carbocycles. The number of hydrogen-bond donors (Lipinski definition) is 1. The Kier molecular flexibility index (Phi) is 6.42. The van der Waals surface area contributed by atoms with Crippen molar-refractivity contribution in [2.45, 2.75) is 13.3 Å². The van der Waals surface area contributed by atoms with Crippen LogP contribution in [0.1, 0.15) is 22.8 Å². The largest absolute Gasteiger partial charge is 0.462 e. The van der Waals surface area contributed by atoms with Crippen LogP contribution in [0, 0.1) is 0 Å². The number of hydrogen-bond acceptors (Lipinski definition) is 4. The minimum atomic E-state index is -0.435. The van der Waals surface area contributed by atoms with Crippen molar-refractivity contribution in [1.29, 1.82) is 0 Å². The summed E-state index contributed by atoms with van der Waals surface area (Å²) in [6, 6.07) is 19.1. The zero-order chi connectivity index (χ0) is 19.2. The first kappa shape index (κ1) is 19.3. The first-order valence-corrected chi connectivity index (χ1v) is 10.1. The third-order valence-electron chi connectivity index (χ3n) is 3.82. The smallest absolute Gasteiger partial charge is 0.341 e. The maximum atomic E-state index is 12.5. The molecule has 0 fully saturated rings. The van der Waals surface area contributed by atoms with Crippen LogP contribution in [0.3, 0.4) is 0 Å². The number of esters is 1. The third-order valence-corrected chi connectivity index (χ3v) is 5.44. The van der Waals surface area contributed by atoms with Gasteiger partial charge in [-0.3, -0.25) is 4.79 Å². The van der Waals surface area contributed by atoms with Crippen molar-refractivity contribution in [2.24, 2.45) is 0 Å². The molecular weight excluding hydrogens is 426 g/mol. The number of halogens is 1. The first-order valence-electron chi connectivity index (χ1n) is 8.47. The Bertz CT molecular complexity index is 936. The van der Waals surface area contributed by atoms with Gasteiger partial charge in [0, 0.05) is 9.35 Å². The van der Waals surface area contributed by atoms with Gasteiger partial charge < -0.3 is 10.1 Å². The number of thiophene rings is 1. The van der Waals surface area contributed by atoms with E-state index in [2.05, 4.69) is 21.2 Å². The van der Waals surface area contributed by atoms with Crippen molar-refractivity contribution >= 4 is 44.1 Å². The van der Waals surface area contributed by atoms with Gasteiger partial charge in [0.1, 0.15) is 5.00 Å². The summed E-state index contributed by atoms with van der Waals surface area (Å²) in [6.07, 6.45) is 0.230. The number of carbonyl (C=O) groups is 2. The van der Waals surface area contributed by atoms with Crippen LogP contribution in [0.15, 0.2) is 65.1 Å². The quantitative estimate of drug-likeness (QED) is 0.509. The molecule has 1 aromatic heterocycles. The summed E-state index contributed by atoms with van der Waals surface area (Å²) in [7, 11) is 0. The molecule has 3 rings (SSSR count). The average Bonchev–Trinajstić information content (AvgIpc) is 3.08. The highest BCUT2D eigenvalue weighted by Crippen LogP contribution is 2.36. The predicted octanol–water partition coefficient (Wildman–Crippen LogP) is 5.54. The van der Waals surface area contributed by atoms with Crippen LogP contribution in [0.5, 0.6) is 0 Å². The van der Waals surface area contributed by atoms with E-state index < -0.39 is 5.97 Å². The monoisotopic (exact) mass is 443 g/mol. The van der Waals surface area contributed by atoms with Crippen molar-refractivity contribution in [2.75, 3.05) is 11.9 Å². The van der Waals surface area contributed by atoms with Gasteiger partial charge in [-0.2, -0.15) is 0 Å². The standard InChI is InChI=1S/C21H18BrNO3S/c1-2-26-21(25)17-13-18(15-6-4-3-5-7-15)27-20(17)23-19(24)12-14-8-10-16(22)11-9-14/h3-11,13H,2,12H2,1H3,(H,23,24). The van der Waals surface area contributed by atoms with Gasteiger partial charge in [0.05, 0.1) is 18.6 Å². The number of rotatable bonds is 6. The molecule has 1 N–H and O–H groups in total. The van der Waals surface area contributed by atoms with Gasteiger partial charge in [-0.25, -0.2) is 4.79 Å². The first-order chi connectivity index (χ1) is 13.1. The maximum Gasteiger partial charge on any atom is 0.341 e. The van der Waals surface area contributed by atoms with Crippen molar-refractivity contribution in [3.63, 3.8) is 0 Å². The van der Waals surface area contributed by atoms with E-state index in [1.54, 1.807) is 13.0 Å². The molecule has 0 unspecified atom stereocenters. The number of nitrogens with one attached hydrogen (secondary N) is 1. The molecular formula is C21H18BrNO3S. The van der Waals surface area contributed by atoms with E-state index in [-0.39, 0.29) is 18.9 Å². The summed E-state index contributed by atoms with van der Waals surface area (Å²) in [5.74, 6) is -0.612. The van der Waals surface area contributed by atoms with E-state index >= 15 is 0 Å². The van der Waals surface area contributed by atoms with Crippen LogP contribution in [-0.4, -0.2) is 18.5 Å². The molecule has 0 aliphatic heterocycles. The summed E-state index contributed by atoms with van der Waals surface area (Å²) in [5.41, 5.74) is 2.26. The van der Waals surface area contributed by atoms with Crippen LogP contribution in [0.25, 0.3) is 10.4 Å². The molecule has 138 valence electrons. The van der Waals surface area contributed by atoms with Crippen LogP contribution < -0.4 is 5.32 Å². The predicted molar refractivity (Wildman–Crippen MR) is 112 cm³/mol. The second-order valence-corrected chi connectivity index (χ2v) is 7.76. The summed E-state index contributed by atoms with van der Waals surface area (Å²) in [5, 5.41) is 3.38. The number of ether oxygens (including phenoxy) is 1. The van der Waals surface area contributed by atoms with Gasteiger partial charge >= 0.3 is 5.97 Å². The zero-order valence-corrected chi connectivity index (χ0v) is 17.1. The molecule has 6 heteroatoms. The van der Waals surface area contributed by atoms with Gasteiger partial charge in [0.2, 0.25) is 5.91 Å². The summed E-state index contributed by atoms with van der Waals surface area (Å²) in [6.45, 7) is 2.04. The SMILES string of the molecule is CCOC(=O)c1cc(-c2ccccc2)sc1NC(=O)Cc1ccc(Br)cc1. The minimum absolute atomic E-state index is 0.177. The van der Waals surface area contributed by atoms with Gasteiger partial charge in [0.15, 0.2) is 0 Å². The van der Waals surface area contributed by atoms with E-state index in [0.717, 1.165) is 20.5 Å². The second-order valence-electron chi connectivity index (χ2n) is 5.79. The van der Waals surface area contributed by atoms with Crippen molar-refractivity contribution in [3.05, 3.63) is 76.3 Å². The maximum absolute atomic E-state index is 12.5. The zero-order valence-electron chi connectivity index (χ0n) is 14.7. The van der Waals surface area contributed by atoms with Gasteiger partial charge in [-0.1, -0.05) is 58.4 Å². The van der Waals surface area contributed by atoms with Crippen LogP contribution >= 0.6 is 27.3 Å². The van der Waals surface area contributed by atoms with E-state index in [0.29, 0.717) is 10.6 Å². The Morgan fingerprint density at radius 1 is 1.07 bits per heavy atom. The molecule has 0 saturated carbocycles.